The van der Waals surface area contributed by atoms with Gasteiger partial charge in [-0.2, -0.15) is 0 Å². The Morgan fingerprint density at radius 3 is 2.88 bits per heavy atom. The molecule has 17 heavy (non-hydrogen) atoms. The fourth-order valence-electron chi connectivity index (χ4n) is 1.33. The van der Waals surface area contributed by atoms with Crippen LogP contribution >= 0.6 is 0 Å². The lowest BCUT2D eigenvalue weighted by Crippen LogP contribution is -2.13. The van der Waals surface area contributed by atoms with Crippen molar-refractivity contribution in [1.29, 1.82) is 0 Å². The molecule has 1 aromatic heterocycles. The standard InChI is InChI=1S/C11H10FN3O2/c1-6-4-10(17-15-6)14-11(16)8-5-7(12)2-3-9(8)13/h2-5H,13H2,1H3,(H,14,16). The smallest absolute Gasteiger partial charge is 0.260 e. The van der Waals surface area contributed by atoms with Crippen molar-refractivity contribution < 1.29 is 13.7 Å². The summed E-state index contributed by atoms with van der Waals surface area (Å²) in [7, 11) is 0. The van der Waals surface area contributed by atoms with Gasteiger partial charge < -0.3 is 10.3 Å². The van der Waals surface area contributed by atoms with Crippen molar-refractivity contribution in [2.75, 3.05) is 11.1 Å². The number of carbonyl (C=O) groups is 1. The predicted octanol–water partition coefficient (Wildman–Crippen LogP) is 1.96. The van der Waals surface area contributed by atoms with E-state index in [2.05, 4.69) is 10.5 Å². The first-order chi connectivity index (χ1) is 8.06. The number of nitrogens with two attached hydrogens (primary N) is 1. The number of anilines is 2. The first-order valence-corrected chi connectivity index (χ1v) is 4.86. The van der Waals surface area contributed by atoms with Gasteiger partial charge in [0.1, 0.15) is 5.82 Å². The number of hydrogen-bond acceptors (Lipinski definition) is 4. The van der Waals surface area contributed by atoms with Crippen molar-refractivity contribution >= 4 is 17.5 Å². The van der Waals surface area contributed by atoms with Crippen LogP contribution in [-0.4, -0.2) is 11.1 Å². The Bertz CT molecular complexity index is 566. The second kappa shape index (κ2) is 4.25. The summed E-state index contributed by atoms with van der Waals surface area (Å²) in [5.41, 5.74) is 6.46. The Hall–Kier alpha value is -2.37. The first-order valence-electron chi connectivity index (χ1n) is 4.86. The van der Waals surface area contributed by atoms with E-state index in [0.717, 1.165) is 6.07 Å². The van der Waals surface area contributed by atoms with E-state index in [-0.39, 0.29) is 17.1 Å². The minimum Gasteiger partial charge on any atom is -0.398 e. The van der Waals surface area contributed by atoms with Gasteiger partial charge in [-0.15, -0.1) is 0 Å². The lowest BCUT2D eigenvalue weighted by atomic mass is 10.1. The highest BCUT2D eigenvalue weighted by Crippen LogP contribution is 2.16. The molecule has 1 aromatic carbocycles. The molecule has 2 aromatic rings. The van der Waals surface area contributed by atoms with E-state index in [4.69, 9.17) is 10.3 Å². The maximum absolute atomic E-state index is 13.0. The van der Waals surface area contributed by atoms with E-state index < -0.39 is 11.7 Å². The molecule has 6 heteroatoms. The fourth-order valence-corrected chi connectivity index (χ4v) is 1.33. The van der Waals surface area contributed by atoms with Gasteiger partial charge in [-0.05, 0) is 25.1 Å². The van der Waals surface area contributed by atoms with Crippen LogP contribution in [0, 0.1) is 12.7 Å². The van der Waals surface area contributed by atoms with Gasteiger partial charge in [0.05, 0.1) is 11.3 Å². The molecule has 0 saturated heterocycles. The molecule has 0 atom stereocenters. The molecule has 0 radical (unpaired) electrons. The SMILES string of the molecule is Cc1cc(NC(=O)c2cc(F)ccc2N)on1. The number of benzene rings is 1. The monoisotopic (exact) mass is 235 g/mol. The van der Waals surface area contributed by atoms with Gasteiger partial charge in [-0.1, -0.05) is 5.16 Å². The first kappa shape index (κ1) is 11.1. The van der Waals surface area contributed by atoms with Crippen LogP contribution in [0.25, 0.3) is 0 Å². The van der Waals surface area contributed by atoms with Crippen LogP contribution in [0.2, 0.25) is 0 Å². The Morgan fingerprint density at radius 1 is 1.47 bits per heavy atom. The van der Waals surface area contributed by atoms with E-state index in [1.165, 1.54) is 12.1 Å². The molecule has 0 fully saturated rings. The number of halogens is 1. The number of nitrogens with zero attached hydrogens (tertiary/aromatic N) is 1. The van der Waals surface area contributed by atoms with E-state index in [1.54, 1.807) is 13.0 Å². The topological polar surface area (TPSA) is 81.2 Å². The summed E-state index contributed by atoms with van der Waals surface area (Å²) in [4.78, 5) is 11.8. The van der Waals surface area contributed by atoms with Crippen LogP contribution in [0.5, 0.6) is 0 Å². The highest BCUT2D eigenvalue weighted by Gasteiger charge is 2.13. The fraction of sp³-hybridized carbons (Fsp3) is 0.0909. The van der Waals surface area contributed by atoms with Crippen LogP contribution in [0.1, 0.15) is 16.1 Å². The van der Waals surface area contributed by atoms with Crippen LogP contribution in [0.3, 0.4) is 0 Å². The van der Waals surface area contributed by atoms with Crippen molar-refractivity contribution in [3.05, 3.63) is 41.3 Å². The number of nitrogens with one attached hydrogen (secondary N) is 1. The highest BCUT2D eigenvalue weighted by molar-refractivity contribution is 6.07. The molecule has 3 N–H and O–H groups in total. The third kappa shape index (κ3) is 2.41. The summed E-state index contributed by atoms with van der Waals surface area (Å²) in [6.07, 6.45) is 0. The molecule has 0 saturated carbocycles. The van der Waals surface area contributed by atoms with Crippen molar-refractivity contribution in [1.82, 2.24) is 5.16 Å². The number of aromatic nitrogens is 1. The average Bonchev–Trinajstić information content (AvgIpc) is 2.67. The number of rotatable bonds is 2. The third-order valence-electron chi connectivity index (χ3n) is 2.12. The lowest BCUT2D eigenvalue weighted by Gasteiger charge is -2.04. The van der Waals surface area contributed by atoms with Crippen molar-refractivity contribution in [3.8, 4) is 0 Å². The summed E-state index contributed by atoms with van der Waals surface area (Å²) in [5, 5.41) is 6.04. The van der Waals surface area contributed by atoms with Gasteiger partial charge >= 0.3 is 0 Å². The third-order valence-corrected chi connectivity index (χ3v) is 2.12. The number of carbonyl (C=O) groups excluding carboxylic acids is 1. The summed E-state index contributed by atoms with van der Waals surface area (Å²) < 4.78 is 17.8. The van der Waals surface area contributed by atoms with Crippen molar-refractivity contribution in [2.24, 2.45) is 0 Å². The average molecular weight is 235 g/mol. The maximum Gasteiger partial charge on any atom is 0.260 e. The van der Waals surface area contributed by atoms with E-state index in [1.807, 2.05) is 0 Å². The summed E-state index contributed by atoms with van der Waals surface area (Å²) in [6, 6.07) is 5.13. The summed E-state index contributed by atoms with van der Waals surface area (Å²) in [5.74, 6) is -0.882. The number of amides is 1. The lowest BCUT2D eigenvalue weighted by molar-refractivity contribution is 0.102. The summed E-state index contributed by atoms with van der Waals surface area (Å²) in [6.45, 7) is 1.72. The molecule has 1 heterocycles. The molecule has 2 rings (SSSR count). The molecular formula is C11H10FN3O2. The Kier molecular flexibility index (Phi) is 2.78. The molecule has 88 valence electrons. The molecule has 0 aliphatic carbocycles. The van der Waals surface area contributed by atoms with E-state index in [9.17, 15) is 9.18 Å². The Balaban J connectivity index is 2.22. The van der Waals surface area contributed by atoms with Crippen LogP contribution in [-0.2, 0) is 0 Å². The van der Waals surface area contributed by atoms with E-state index in [0.29, 0.717) is 5.69 Å². The maximum atomic E-state index is 13.0. The van der Waals surface area contributed by atoms with Gasteiger partial charge in [-0.3, -0.25) is 10.1 Å². The second-order valence-corrected chi connectivity index (χ2v) is 3.52. The molecule has 0 bridgehead atoms. The zero-order valence-corrected chi connectivity index (χ0v) is 9.03. The molecule has 0 aliphatic rings. The Morgan fingerprint density at radius 2 is 2.24 bits per heavy atom. The zero-order chi connectivity index (χ0) is 12.4. The number of aryl methyl sites for hydroxylation is 1. The zero-order valence-electron chi connectivity index (χ0n) is 9.03. The molecule has 0 spiro atoms. The molecule has 5 nitrogen and oxygen atoms in total. The van der Waals surface area contributed by atoms with Crippen molar-refractivity contribution in [3.63, 3.8) is 0 Å². The second-order valence-electron chi connectivity index (χ2n) is 3.52. The summed E-state index contributed by atoms with van der Waals surface area (Å²) >= 11 is 0. The van der Waals surface area contributed by atoms with Gasteiger partial charge in [0.2, 0.25) is 5.88 Å². The quantitative estimate of drug-likeness (QED) is 0.779. The van der Waals surface area contributed by atoms with Crippen LogP contribution < -0.4 is 11.1 Å². The minimum atomic E-state index is -0.543. The molecule has 1 amide bonds. The van der Waals surface area contributed by atoms with Gasteiger partial charge in [0.15, 0.2) is 0 Å². The van der Waals surface area contributed by atoms with Crippen LogP contribution in [0.4, 0.5) is 16.0 Å². The normalized spacial score (nSPS) is 10.2. The molecular weight excluding hydrogens is 225 g/mol. The minimum absolute atomic E-state index is 0.0547. The predicted molar refractivity (Wildman–Crippen MR) is 60.0 cm³/mol. The van der Waals surface area contributed by atoms with Gasteiger partial charge in [0.25, 0.3) is 5.91 Å². The molecule has 0 unspecified atom stereocenters. The van der Waals surface area contributed by atoms with Gasteiger partial charge in [-0.25, -0.2) is 4.39 Å². The van der Waals surface area contributed by atoms with Gasteiger partial charge in [0, 0.05) is 11.8 Å². The van der Waals surface area contributed by atoms with Crippen LogP contribution in [0.15, 0.2) is 28.8 Å². The number of nitrogen functional groups attached to an aromatic ring is 1. The highest BCUT2D eigenvalue weighted by atomic mass is 19.1. The largest absolute Gasteiger partial charge is 0.398 e. The molecule has 0 aliphatic heterocycles. The van der Waals surface area contributed by atoms with Crippen molar-refractivity contribution in [2.45, 2.75) is 6.92 Å². The Labute approximate surface area is 96.4 Å². The van der Waals surface area contributed by atoms with E-state index >= 15 is 0 Å². The number of hydrogen-bond donors (Lipinski definition) is 2.